The Morgan fingerprint density at radius 1 is 1.64 bits per heavy atom. The quantitative estimate of drug-likeness (QED) is 0.876. The maximum Gasteiger partial charge on any atom is 0.325 e. The summed E-state index contributed by atoms with van der Waals surface area (Å²) in [5.74, 6) is -0.955. The first-order chi connectivity index (χ1) is 5.09. The van der Waals surface area contributed by atoms with E-state index < -0.39 is 5.97 Å². The molecule has 0 radical (unpaired) electrons. The van der Waals surface area contributed by atoms with E-state index in [2.05, 4.69) is 41.9 Å². The summed E-state index contributed by atoms with van der Waals surface area (Å²) < 4.78 is 1.99. The number of hydrogen-bond acceptors (Lipinski definition) is 3. The first-order valence-corrected chi connectivity index (χ1v) is 4.16. The SMILES string of the molecule is O=C(O)Cn1nc(Br)nc1Br. The molecule has 7 heteroatoms. The minimum atomic E-state index is -0.955. The predicted molar refractivity (Wildman–Crippen MR) is 43.1 cm³/mol. The van der Waals surface area contributed by atoms with Crippen molar-refractivity contribution in [2.24, 2.45) is 0 Å². The summed E-state index contributed by atoms with van der Waals surface area (Å²) in [4.78, 5) is 14.0. The van der Waals surface area contributed by atoms with E-state index in [4.69, 9.17) is 5.11 Å². The molecule has 60 valence electrons. The van der Waals surface area contributed by atoms with E-state index in [1.54, 1.807) is 0 Å². The highest BCUT2D eigenvalue weighted by molar-refractivity contribution is 9.11. The van der Waals surface area contributed by atoms with Crippen LogP contribution in [0.15, 0.2) is 9.47 Å². The van der Waals surface area contributed by atoms with Crippen LogP contribution < -0.4 is 0 Å². The highest BCUT2D eigenvalue weighted by Gasteiger charge is 2.07. The van der Waals surface area contributed by atoms with Crippen molar-refractivity contribution in [1.29, 1.82) is 0 Å². The molecule has 11 heavy (non-hydrogen) atoms. The van der Waals surface area contributed by atoms with Crippen LogP contribution in [0.25, 0.3) is 0 Å². The lowest BCUT2D eigenvalue weighted by molar-refractivity contribution is -0.137. The fourth-order valence-corrected chi connectivity index (χ4v) is 1.50. The van der Waals surface area contributed by atoms with Gasteiger partial charge in [-0.2, -0.15) is 4.98 Å². The molecule has 5 nitrogen and oxygen atoms in total. The molecule has 0 spiro atoms. The van der Waals surface area contributed by atoms with Crippen LogP contribution in [-0.2, 0) is 11.3 Å². The van der Waals surface area contributed by atoms with Crippen molar-refractivity contribution in [2.75, 3.05) is 0 Å². The van der Waals surface area contributed by atoms with Gasteiger partial charge in [0, 0.05) is 0 Å². The van der Waals surface area contributed by atoms with E-state index in [1.807, 2.05) is 0 Å². The fraction of sp³-hybridized carbons (Fsp3) is 0.250. The van der Waals surface area contributed by atoms with Gasteiger partial charge in [-0.15, -0.1) is 5.10 Å². The first-order valence-electron chi connectivity index (χ1n) is 2.57. The van der Waals surface area contributed by atoms with Crippen molar-refractivity contribution in [2.45, 2.75) is 6.54 Å². The van der Waals surface area contributed by atoms with E-state index >= 15 is 0 Å². The number of rotatable bonds is 2. The lowest BCUT2D eigenvalue weighted by atomic mass is 10.7. The monoisotopic (exact) mass is 283 g/mol. The minimum absolute atomic E-state index is 0.195. The van der Waals surface area contributed by atoms with Gasteiger partial charge < -0.3 is 5.11 Å². The van der Waals surface area contributed by atoms with Gasteiger partial charge in [0.15, 0.2) is 4.73 Å². The lowest BCUT2D eigenvalue weighted by Crippen LogP contribution is -2.10. The molecule has 1 rings (SSSR count). The maximum absolute atomic E-state index is 10.2. The summed E-state index contributed by atoms with van der Waals surface area (Å²) in [7, 11) is 0. The Morgan fingerprint density at radius 2 is 2.27 bits per heavy atom. The van der Waals surface area contributed by atoms with Crippen LogP contribution in [0.5, 0.6) is 0 Å². The molecule has 0 aliphatic rings. The van der Waals surface area contributed by atoms with Crippen molar-refractivity contribution < 1.29 is 9.90 Å². The number of hydrogen-bond donors (Lipinski definition) is 1. The summed E-state index contributed by atoms with van der Waals surface area (Å²) in [5, 5.41) is 12.1. The van der Waals surface area contributed by atoms with Crippen molar-refractivity contribution in [3.8, 4) is 0 Å². The second kappa shape index (κ2) is 3.31. The Labute approximate surface area is 78.7 Å². The van der Waals surface area contributed by atoms with Crippen LogP contribution in [-0.4, -0.2) is 25.8 Å². The molecule has 0 amide bonds. The van der Waals surface area contributed by atoms with Crippen molar-refractivity contribution in [3.63, 3.8) is 0 Å². The Kier molecular flexibility index (Phi) is 2.61. The highest BCUT2D eigenvalue weighted by Crippen LogP contribution is 2.10. The molecule has 0 unspecified atom stereocenters. The minimum Gasteiger partial charge on any atom is -0.480 e. The van der Waals surface area contributed by atoms with Crippen LogP contribution in [0.4, 0.5) is 0 Å². The van der Waals surface area contributed by atoms with Gasteiger partial charge in [0.2, 0.25) is 4.73 Å². The Balaban J connectivity index is 2.85. The summed E-state index contributed by atoms with van der Waals surface area (Å²) in [5.41, 5.74) is 0. The Hall–Kier alpha value is -0.430. The topological polar surface area (TPSA) is 68.0 Å². The van der Waals surface area contributed by atoms with Gasteiger partial charge >= 0.3 is 5.97 Å². The van der Waals surface area contributed by atoms with Gasteiger partial charge in [-0.3, -0.25) is 4.79 Å². The van der Waals surface area contributed by atoms with Crippen molar-refractivity contribution in [3.05, 3.63) is 9.47 Å². The zero-order chi connectivity index (χ0) is 8.43. The molecule has 0 bridgehead atoms. The van der Waals surface area contributed by atoms with E-state index in [0.29, 0.717) is 9.47 Å². The van der Waals surface area contributed by atoms with Crippen LogP contribution in [0.1, 0.15) is 0 Å². The maximum atomic E-state index is 10.2. The van der Waals surface area contributed by atoms with Gasteiger partial charge in [0.05, 0.1) is 0 Å². The molecular weight excluding hydrogens is 282 g/mol. The molecule has 0 saturated heterocycles. The zero-order valence-corrected chi connectivity index (χ0v) is 8.33. The van der Waals surface area contributed by atoms with Crippen molar-refractivity contribution >= 4 is 37.8 Å². The van der Waals surface area contributed by atoms with Crippen LogP contribution in [0.3, 0.4) is 0 Å². The van der Waals surface area contributed by atoms with E-state index in [1.165, 1.54) is 4.68 Å². The van der Waals surface area contributed by atoms with Gasteiger partial charge in [0.1, 0.15) is 6.54 Å². The number of halogens is 2. The first kappa shape index (κ1) is 8.66. The average Bonchev–Trinajstić information content (AvgIpc) is 2.09. The summed E-state index contributed by atoms with van der Waals surface area (Å²) >= 11 is 6.05. The van der Waals surface area contributed by atoms with Gasteiger partial charge in [-0.1, -0.05) is 0 Å². The molecule has 1 heterocycles. The predicted octanol–water partition coefficient (Wildman–Crippen LogP) is 0.888. The van der Waals surface area contributed by atoms with E-state index in [0.717, 1.165) is 0 Å². The number of aromatic nitrogens is 3. The molecule has 0 fully saturated rings. The second-order valence-corrected chi connectivity index (χ2v) is 3.12. The largest absolute Gasteiger partial charge is 0.480 e. The molecule has 0 atom stereocenters. The highest BCUT2D eigenvalue weighted by atomic mass is 79.9. The van der Waals surface area contributed by atoms with E-state index in [9.17, 15) is 4.79 Å². The van der Waals surface area contributed by atoms with Crippen LogP contribution in [0.2, 0.25) is 0 Å². The van der Waals surface area contributed by atoms with Gasteiger partial charge in [0.25, 0.3) is 0 Å². The van der Waals surface area contributed by atoms with Crippen LogP contribution >= 0.6 is 31.9 Å². The molecule has 1 aromatic rings. The molecular formula is C4H3Br2N3O2. The Bertz CT molecular complexity index is 285. The molecule has 0 aliphatic carbocycles. The number of carbonyl (C=O) groups is 1. The molecule has 0 saturated carbocycles. The number of carboxylic acids is 1. The Morgan fingerprint density at radius 3 is 2.64 bits per heavy atom. The third-order valence-electron chi connectivity index (χ3n) is 0.886. The number of aliphatic carboxylic acids is 1. The molecule has 1 N–H and O–H groups in total. The number of nitrogens with zero attached hydrogens (tertiary/aromatic N) is 3. The molecule has 0 aliphatic heterocycles. The normalized spacial score (nSPS) is 10.0. The lowest BCUT2D eigenvalue weighted by Gasteiger charge is -1.93. The third kappa shape index (κ3) is 2.26. The van der Waals surface area contributed by atoms with E-state index in [-0.39, 0.29) is 6.54 Å². The molecule has 1 aromatic heterocycles. The fourth-order valence-electron chi connectivity index (χ4n) is 0.526. The smallest absolute Gasteiger partial charge is 0.325 e. The molecule has 0 aromatic carbocycles. The standard InChI is InChI=1S/C4H3Br2N3O2/c5-3-7-4(6)9(8-3)1-2(10)11/h1H2,(H,10,11). The van der Waals surface area contributed by atoms with Crippen molar-refractivity contribution in [1.82, 2.24) is 14.8 Å². The summed E-state index contributed by atoms with van der Waals surface area (Å²) in [6, 6.07) is 0. The third-order valence-corrected chi connectivity index (χ3v) is 1.81. The van der Waals surface area contributed by atoms with Crippen LogP contribution in [0, 0.1) is 0 Å². The average molecular weight is 285 g/mol. The number of carboxylic acid groups (broad SMARTS) is 1. The van der Waals surface area contributed by atoms with Gasteiger partial charge in [-0.05, 0) is 31.9 Å². The summed E-state index contributed by atoms with van der Waals surface area (Å²) in [6.07, 6.45) is 0. The second-order valence-electron chi connectivity index (χ2n) is 1.70. The zero-order valence-electron chi connectivity index (χ0n) is 5.16. The summed E-state index contributed by atoms with van der Waals surface area (Å²) in [6.45, 7) is -0.195. The van der Waals surface area contributed by atoms with Gasteiger partial charge in [-0.25, -0.2) is 4.68 Å².